The van der Waals surface area contributed by atoms with Gasteiger partial charge in [0.25, 0.3) is 0 Å². The molecule has 1 saturated carbocycles. The molecule has 12 heteroatoms. The van der Waals surface area contributed by atoms with Crippen molar-refractivity contribution in [2.75, 3.05) is 6.61 Å². The number of carbonyl (C=O) groups is 5. The Morgan fingerprint density at radius 1 is 1.00 bits per heavy atom. The van der Waals surface area contributed by atoms with Crippen molar-refractivity contribution in [2.45, 2.75) is 142 Å². The molecule has 2 unspecified atom stereocenters. The fourth-order valence-electron chi connectivity index (χ4n) is 6.11. The molecule has 4 N–H and O–H groups in total. The summed E-state index contributed by atoms with van der Waals surface area (Å²) in [6.45, 7) is 10.6. The maximum Gasteiger partial charge on any atom is 0.408 e. The number of rotatable bonds is 8. The molecule has 268 valence electrons. The first-order valence-corrected chi connectivity index (χ1v) is 17.2. The smallest absolute Gasteiger partial charge is 0.408 e. The standard InChI is InChI=1S/C36H55N3O9/c1-35(2,3)21-25-17-18-29(40)46-22-28(32(43)37-26(30(41)33(44)47-25)19-23-13-9-7-10-14-23)38-31(42)27(20-24-15-11-8-12-16-24)39-34(45)48-36(4,5)6/h8,11-12,15-16,23,25-28,30,41H,7,9-10,13-14,17-22H2,1-6H3,(H,37,43)(H,38,42)(H,39,45)/t25?,26-,27?,28-,30+/m0/s1. The van der Waals surface area contributed by atoms with Crippen molar-refractivity contribution in [3.8, 4) is 0 Å². The molecule has 0 bridgehead atoms. The van der Waals surface area contributed by atoms with Crippen LogP contribution in [0.5, 0.6) is 0 Å². The van der Waals surface area contributed by atoms with E-state index in [9.17, 15) is 29.1 Å². The van der Waals surface area contributed by atoms with Gasteiger partial charge < -0.3 is 35.3 Å². The van der Waals surface area contributed by atoms with Gasteiger partial charge in [0.05, 0.1) is 6.04 Å². The zero-order valence-corrected chi connectivity index (χ0v) is 29.3. The van der Waals surface area contributed by atoms with E-state index in [1.807, 2.05) is 26.8 Å². The van der Waals surface area contributed by atoms with Crippen LogP contribution in [-0.4, -0.2) is 77.5 Å². The molecule has 1 aromatic rings. The predicted octanol–water partition coefficient (Wildman–Crippen LogP) is 4.11. The Hall–Kier alpha value is -3.67. The van der Waals surface area contributed by atoms with Crippen molar-refractivity contribution in [1.82, 2.24) is 16.0 Å². The van der Waals surface area contributed by atoms with Crippen molar-refractivity contribution in [3.05, 3.63) is 35.9 Å². The largest absolute Gasteiger partial charge is 0.463 e. The number of hydrogen-bond acceptors (Lipinski definition) is 9. The van der Waals surface area contributed by atoms with Crippen molar-refractivity contribution in [3.63, 3.8) is 0 Å². The van der Waals surface area contributed by atoms with Gasteiger partial charge in [0.1, 0.15) is 30.4 Å². The predicted molar refractivity (Wildman–Crippen MR) is 179 cm³/mol. The molecule has 1 heterocycles. The lowest BCUT2D eigenvalue weighted by molar-refractivity contribution is -0.164. The second-order valence-corrected chi connectivity index (χ2v) is 15.3. The molecule has 2 aliphatic rings. The van der Waals surface area contributed by atoms with Crippen molar-refractivity contribution >= 4 is 29.8 Å². The first kappa shape index (κ1) is 38.8. The number of aliphatic hydroxyl groups is 1. The fourth-order valence-corrected chi connectivity index (χ4v) is 6.11. The average Bonchev–Trinajstić information content (AvgIpc) is 3.00. The molecule has 0 spiro atoms. The summed E-state index contributed by atoms with van der Waals surface area (Å²) in [5.74, 6) is -2.79. The van der Waals surface area contributed by atoms with Crippen LogP contribution >= 0.6 is 0 Å². The normalized spacial score (nSPS) is 24.4. The molecule has 3 rings (SSSR count). The number of esters is 2. The quantitative estimate of drug-likeness (QED) is 0.234. The van der Waals surface area contributed by atoms with E-state index in [2.05, 4.69) is 16.0 Å². The Balaban J connectivity index is 1.88. The Morgan fingerprint density at radius 3 is 2.29 bits per heavy atom. The van der Waals surface area contributed by atoms with E-state index >= 15 is 0 Å². The van der Waals surface area contributed by atoms with Gasteiger partial charge in [-0.25, -0.2) is 9.59 Å². The topological polar surface area (TPSA) is 169 Å². The highest BCUT2D eigenvalue weighted by Gasteiger charge is 2.37. The molecule has 1 aliphatic carbocycles. The summed E-state index contributed by atoms with van der Waals surface area (Å²) in [5.41, 5.74) is -0.305. The van der Waals surface area contributed by atoms with E-state index in [-0.39, 0.29) is 30.6 Å². The molecular weight excluding hydrogens is 618 g/mol. The Kier molecular flexibility index (Phi) is 14.3. The summed E-state index contributed by atoms with van der Waals surface area (Å²) in [6, 6.07) is 5.49. The van der Waals surface area contributed by atoms with Crippen molar-refractivity contribution in [1.29, 1.82) is 0 Å². The summed E-state index contributed by atoms with van der Waals surface area (Å²) in [4.78, 5) is 66.4. The van der Waals surface area contributed by atoms with Crippen LogP contribution in [-0.2, 0) is 39.8 Å². The van der Waals surface area contributed by atoms with Gasteiger partial charge >= 0.3 is 18.0 Å². The number of nitrogens with one attached hydrogen (secondary N) is 3. The zero-order chi connectivity index (χ0) is 35.5. The van der Waals surface area contributed by atoms with Crippen LogP contribution in [0.4, 0.5) is 4.79 Å². The summed E-state index contributed by atoms with van der Waals surface area (Å²) >= 11 is 0. The Morgan fingerprint density at radius 2 is 1.67 bits per heavy atom. The maximum absolute atomic E-state index is 13.8. The monoisotopic (exact) mass is 673 g/mol. The number of hydrogen-bond donors (Lipinski definition) is 4. The second-order valence-electron chi connectivity index (χ2n) is 15.3. The van der Waals surface area contributed by atoms with Crippen LogP contribution in [0, 0.1) is 11.3 Å². The number of carbonyl (C=O) groups excluding carboxylic acids is 5. The number of alkyl carbamates (subject to hydrolysis) is 1. The van der Waals surface area contributed by atoms with E-state index in [4.69, 9.17) is 14.2 Å². The number of benzene rings is 1. The second kappa shape index (κ2) is 17.6. The highest BCUT2D eigenvalue weighted by atomic mass is 16.6. The minimum atomic E-state index is -1.66. The van der Waals surface area contributed by atoms with Crippen LogP contribution in [0.15, 0.2) is 30.3 Å². The van der Waals surface area contributed by atoms with E-state index in [1.54, 1.807) is 45.0 Å². The van der Waals surface area contributed by atoms with Crippen molar-refractivity contribution < 1.29 is 43.3 Å². The number of cyclic esters (lactones) is 2. The van der Waals surface area contributed by atoms with E-state index < -0.39 is 72.4 Å². The van der Waals surface area contributed by atoms with Gasteiger partial charge in [-0.1, -0.05) is 83.2 Å². The Bertz CT molecular complexity index is 1240. The van der Waals surface area contributed by atoms with Gasteiger partial charge in [0.15, 0.2) is 6.10 Å². The van der Waals surface area contributed by atoms with Crippen LogP contribution in [0.1, 0.15) is 105 Å². The minimum Gasteiger partial charge on any atom is -0.463 e. The third kappa shape index (κ3) is 13.8. The van der Waals surface area contributed by atoms with Gasteiger partial charge in [0.2, 0.25) is 11.8 Å². The van der Waals surface area contributed by atoms with E-state index in [0.717, 1.165) is 37.7 Å². The molecule has 1 aromatic carbocycles. The lowest BCUT2D eigenvalue weighted by atomic mass is 9.83. The number of ether oxygens (including phenoxy) is 3. The van der Waals surface area contributed by atoms with E-state index in [1.165, 1.54) is 0 Å². The summed E-state index contributed by atoms with van der Waals surface area (Å²) < 4.78 is 16.6. The number of amides is 3. The fraction of sp³-hybridized carbons (Fsp3) is 0.694. The van der Waals surface area contributed by atoms with E-state index in [0.29, 0.717) is 12.8 Å². The van der Waals surface area contributed by atoms with Gasteiger partial charge in [-0.2, -0.15) is 0 Å². The maximum atomic E-state index is 13.8. The lowest BCUT2D eigenvalue weighted by Crippen LogP contribution is -2.59. The molecule has 3 amide bonds. The summed E-state index contributed by atoms with van der Waals surface area (Å²) in [6.07, 6.45) is 2.74. The molecule has 0 radical (unpaired) electrons. The van der Waals surface area contributed by atoms with Crippen LogP contribution in [0.3, 0.4) is 0 Å². The third-order valence-corrected chi connectivity index (χ3v) is 8.39. The molecular formula is C36H55N3O9. The molecule has 48 heavy (non-hydrogen) atoms. The molecule has 5 atom stereocenters. The SMILES string of the molecule is CC(C)(C)CC1CCC(=O)OC[C@H](NC(=O)C(Cc2ccccc2)NC(=O)OC(C)(C)C)C(=O)N[C@@H](CC2CCCCC2)[C@@H](O)C(=O)O1. The van der Waals surface area contributed by atoms with Gasteiger partial charge in [-0.05, 0) is 56.9 Å². The van der Waals surface area contributed by atoms with Gasteiger partial charge in [-0.3, -0.25) is 14.4 Å². The molecule has 0 aromatic heterocycles. The minimum absolute atomic E-state index is 0.0874. The lowest BCUT2D eigenvalue weighted by Gasteiger charge is -2.32. The highest BCUT2D eigenvalue weighted by Crippen LogP contribution is 2.29. The van der Waals surface area contributed by atoms with Crippen LogP contribution in [0.2, 0.25) is 0 Å². The third-order valence-electron chi connectivity index (χ3n) is 8.39. The Labute approximate surface area is 284 Å². The molecule has 1 saturated heterocycles. The van der Waals surface area contributed by atoms with Gasteiger partial charge in [0, 0.05) is 12.8 Å². The van der Waals surface area contributed by atoms with Crippen molar-refractivity contribution in [2.24, 2.45) is 11.3 Å². The highest BCUT2D eigenvalue weighted by molar-refractivity contribution is 5.92. The summed E-state index contributed by atoms with van der Waals surface area (Å²) in [5, 5.41) is 19.3. The first-order chi connectivity index (χ1) is 22.5. The van der Waals surface area contributed by atoms with Crippen LogP contribution < -0.4 is 16.0 Å². The van der Waals surface area contributed by atoms with Crippen LogP contribution in [0.25, 0.3) is 0 Å². The first-order valence-electron chi connectivity index (χ1n) is 17.2. The number of aliphatic hydroxyl groups excluding tert-OH is 1. The van der Waals surface area contributed by atoms with Gasteiger partial charge in [-0.15, -0.1) is 0 Å². The summed E-state index contributed by atoms with van der Waals surface area (Å²) in [7, 11) is 0. The average molecular weight is 674 g/mol. The molecule has 12 nitrogen and oxygen atoms in total. The molecule has 2 fully saturated rings. The molecule has 1 aliphatic heterocycles. The zero-order valence-electron chi connectivity index (χ0n) is 29.3.